The smallest absolute Gasteiger partial charge is 0.243 e. The molecule has 0 atom stereocenters. The van der Waals surface area contributed by atoms with Gasteiger partial charge in [-0.3, -0.25) is 4.79 Å². The molecule has 9 heteroatoms. The lowest BCUT2D eigenvalue weighted by atomic mass is 10.2. The molecule has 0 aliphatic heterocycles. The molecule has 1 aromatic carbocycles. The third kappa shape index (κ3) is 7.86. The number of hydrogen-bond donors (Lipinski definition) is 1. The summed E-state index contributed by atoms with van der Waals surface area (Å²) in [5, 5.41) is 3.10. The third-order valence-electron chi connectivity index (χ3n) is 3.64. The Morgan fingerprint density at radius 1 is 1.19 bits per heavy atom. The summed E-state index contributed by atoms with van der Waals surface area (Å²) in [7, 11) is 4.91. The molecule has 0 saturated heterocycles. The van der Waals surface area contributed by atoms with E-state index in [2.05, 4.69) is 10.3 Å². The molecule has 0 bridgehead atoms. The van der Waals surface area contributed by atoms with Crippen LogP contribution in [0, 0.1) is 17.5 Å². The Kier molecular flexibility index (Phi) is 9.63. The minimum atomic E-state index is -1.50. The molecule has 1 rings (SSSR count). The van der Waals surface area contributed by atoms with E-state index < -0.39 is 17.5 Å². The van der Waals surface area contributed by atoms with Gasteiger partial charge in [-0.2, -0.15) is 0 Å². The average molecular weight is 388 g/mol. The maximum absolute atomic E-state index is 13.4. The molecule has 0 fully saturated rings. The number of benzene rings is 1. The van der Waals surface area contributed by atoms with Crippen molar-refractivity contribution in [2.75, 3.05) is 47.4 Å². The quantitative estimate of drug-likeness (QED) is 0.304. The van der Waals surface area contributed by atoms with E-state index in [4.69, 9.17) is 4.74 Å². The van der Waals surface area contributed by atoms with Crippen LogP contribution in [0.5, 0.6) is 0 Å². The molecular weight excluding hydrogens is 361 g/mol. The number of rotatable bonds is 9. The van der Waals surface area contributed by atoms with Crippen molar-refractivity contribution in [3.05, 3.63) is 35.1 Å². The summed E-state index contributed by atoms with van der Waals surface area (Å²) < 4.78 is 45.2. The predicted molar refractivity (Wildman–Crippen MR) is 97.9 cm³/mol. The molecule has 0 aromatic heterocycles. The van der Waals surface area contributed by atoms with Gasteiger partial charge >= 0.3 is 0 Å². The van der Waals surface area contributed by atoms with Gasteiger partial charge in [0.25, 0.3) is 0 Å². The number of likely N-dealkylation sites (N-methyl/N-ethyl adjacent to an activating group) is 1. The second-order valence-electron chi connectivity index (χ2n) is 6.13. The summed E-state index contributed by atoms with van der Waals surface area (Å²) in [6.45, 7) is 3.66. The first-order valence-corrected chi connectivity index (χ1v) is 8.67. The molecule has 0 saturated carbocycles. The van der Waals surface area contributed by atoms with E-state index in [1.165, 1.54) is 4.90 Å². The number of ether oxygens (including phenoxy) is 1. The molecular formula is C18H27F3N4O2. The van der Waals surface area contributed by atoms with Gasteiger partial charge in [-0.15, -0.1) is 0 Å². The fourth-order valence-electron chi connectivity index (χ4n) is 2.16. The van der Waals surface area contributed by atoms with Gasteiger partial charge in [0, 0.05) is 47.4 Å². The summed E-state index contributed by atoms with van der Waals surface area (Å²) in [6.07, 6.45) is 0.724. The number of guanidine groups is 1. The number of carbonyl (C=O) groups is 1. The van der Waals surface area contributed by atoms with Crippen LogP contribution in [0.4, 0.5) is 13.2 Å². The zero-order chi connectivity index (χ0) is 20.4. The van der Waals surface area contributed by atoms with E-state index in [1.807, 2.05) is 6.92 Å². The first-order valence-electron chi connectivity index (χ1n) is 8.67. The van der Waals surface area contributed by atoms with Gasteiger partial charge in [0.15, 0.2) is 23.4 Å². The van der Waals surface area contributed by atoms with Gasteiger partial charge in [-0.1, -0.05) is 0 Å². The van der Waals surface area contributed by atoms with E-state index in [0.29, 0.717) is 25.7 Å². The van der Waals surface area contributed by atoms with Gasteiger partial charge in [0.05, 0.1) is 0 Å². The lowest BCUT2D eigenvalue weighted by molar-refractivity contribution is -0.127. The summed E-state index contributed by atoms with van der Waals surface area (Å²) in [6, 6.07) is 1.87. The highest BCUT2D eigenvalue weighted by molar-refractivity contribution is 5.84. The standard InChI is InChI=1S/C18H27F3N4O2/c1-5-27-8-6-7-22-18(23-11-16(26)24(2)3)25(4)12-13-9-14(19)17(21)15(20)10-13/h9-10H,5-8,11-12H2,1-4H3,(H,22,23). The zero-order valence-corrected chi connectivity index (χ0v) is 16.2. The number of nitrogens with zero attached hydrogens (tertiary/aromatic N) is 3. The van der Waals surface area contributed by atoms with Crippen LogP contribution in [0.2, 0.25) is 0 Å². The maximum Gasteiger partial charge on any atom is 0.243 e. The summed E-state index contributed by atoms with van der Waals surface area (Å²) in [5.41, 5.74) is 0.247. The SMILES string of the molecule is CCOCCCNC(=NCC(=O)N(C)C)N(C)Cc1cc(F)c(F)c(F)c1. The number of aliphatic imine (C=N–C) groups is 1. The number of hydrogen-bond acceptors (Lipinski definition) is 3. The molecule has 1 N–H and O–H groups in total. The molecule has 27 heavy (non-hydrogen) atoms. The summed E-state index contributed by atoms with van der Waals surface area (Å²) in [4.78, 5) is 19.1. The third-order valence-corrected chi connectivity index (χ3v) is 3.64. The molecule has 1 amide bonds. The molecule has 0 spiro atoms. The van der Waals surface area contributed by atoms with Gasteiger partial charge in [-0.25, -0.2) is 18.2 Å². The van der Waals surface area contributed by atoms with Gasteiger partial charge in [-0.05, 0) is 31.0 Å². The van der Waals surface area contributed by atoms with E-state index in [1.54, 1.807) is 26.0 Å². The van der Waals surface area contributed by atoms with Gasteiger partial charge < -0.3 is 19.9 Å². The highest BCUT2D eigenvalue weighted by Gasteiger charge is 2.14. The van der Waals surface area contributed by atoms with Crippen molar-refractivity contribution in [1.82, 2.24) is 15.1 Å². The number of carbonyl (C=O) groups excluding carboxylic acids is 1. The Bertz CT molecular complexity index is 630. The Balaban J connectivity index is 2.82. The monoisotopic (exact) mass is 388 g/mol. The van der Waals surface area contributed by atoms with Crippen LogP contribution in [0.3, 0.4) is 0 Å². The molecule has 6 nitrogen and oxygen atoms in total. The van der Waals surface area contributed by atoms with Crippen molar-refractivity contribution in [3.63, 3.8) is 0 Å². The van der Waals surface area contributed by atoms with Crippen molar-refractivity contribution >= 4 is 11.9 Å². The molecule has 0 aliphatic carbocycles. The second-order valence-corrected chi connectivity index (χ2v) is 6.13. The van der Waals surface area contributed by atoms with E-state index in [0.717, 1.165) is 18.6 Å². The van der Waals surface area contributed by atoms with Crippen LogP contribution in [0.15, 0.2) is 17.1 Å². The average Bonchev–Trinajstić information content (AvgIpc) is 2.61. The van der Waals surface area contributed by atoms with Crippen molar-refractivity contribution < 1.29 is 22.7 Å². The van der Waals surface area contributed by atoms with Crippen LogP contribution in [0.1, 0.15) is 18.9 Å². The van der Waals surface area contributed by atoms with E-state index in [-0.39, 0.29) is 24.6 Å². The number of halogens is 3. The maximum atomic E-state index is 13.4. The zero-order valence-electron chi connectivity index (χ0n) is 16.2. The lowest BCUT2D eigenvalue weighted by Gasteiger charge is -2.23. The Labute approximate surface area is 158 Å². The van der Waals surface area contributed by atoms with Crippen LogP contribution >= 0.6 is 0 Å². The van der Waals surface area contributed by atoms with E-state index >= 15 is 0 Å². The van der Waals surface area contributed by atoms with Crippen molar-refractivity contribution in [2.45, 2.75) is 19.9 Å². The Hall–Kier alpha value is -2.29. The first-order chi connectivity index (χ1) is 12.8. The fraction of sp³-hybridized carbons (Fsp3) is 0.556. The molecule has 1 aromatic rings. The first kappa shape index (κ1) is 22.8. The van der Waals surface area contributed by atoms with Crippen molar-refractivity contribution in [1.29, 1.82) is 0 Å². The topological polar surface area (TPSA) is 57.2 Å². The lowest BCUT2D eigenvalue weighted by Crippen LogP contribution is -2.40. The van der Waals surface area contributed by atoms with Crippen LogP contribution < -0.4 is 5.32 Å². The summed E-state index contributed by atoms with van der Waals surface area (Å²) in [5.74, 6) is -3.78. The minimum Gasteiger partial charge on any atom is -0.382 e. The van der Waals surface area contributed by atoms with Crippen LogP contribution in [-0.4, -0.2) is 69.1 Å². The number of nitrogens with one attached hydrogen (secondary N) is 1. The van der Waals surface area contributed by atoms with Crippen molar-refractivity contribution in [2.24, 2.45) is 4.99 Å². The van der Waals surface area contributed by atoms with Crippen molar-refractivity contribution in [3.8, 4) is 0 Å². The second kappa shape index (κ2) is 11.4. The molecule has 152 valence electrons. The highest BCUT2D eigenvalue weighted by Crippen LogP contribution is 2.14. The molecule has 0 unspecified atom stereocenters. The minimum absolute atomic E-state index is 0.0721. The predicted octanol–water partition coefficient (Wildman–Crippen LogP) is 2.00. The normalized spacial score (nSPS) is 11.4. The van der Waals surface area contributed by atoms with E-state index in [9.17, 15) is 18.0 Å². The Morgan fingerprint density at radius 2 is 1.81 bits per heavy atom. The molecule has 0 heterocycles. The highest BCUT2D eigenvalue weighted by atomic mass is 19.2. The molecule has 0 aliphatic rings. The fourth-order valence-corrected chi connectivity index (χ4v) is 2.16. The largest absolute Gasteiger partial charge is 0.382 e. The molecule has 0 radical (unpaired) electrons. The van der Waals surface area contributed by atoms with Crippen LogP contribution in [0.25, 0.3) is 0 Å². The van der Waals surface area contributed by atoms with Gasteiger partial charge in [0.2, 0.25) is 5.91 Å². The van der Waals surface area contributed by atoms with Crippen LogP contribution in [-0.2, 0) is 16.1 Å². The Morgan fingerprint density at radius 3 is 2.37 bits per heavy atom. The van der Waals surface area contributed by atoms with Gasteiger partial charge in [0.1, 0.15) is 6.54 Å². The number of amides is 1. The summed E-state index contributed by atoms with van der Waals surface area (Å²) >= 11 is 0.